The number of hydrogen-bond acceptors (Lipinski definition) is 5. The fourth-order valence-corrected chi connectivity index (χ4v) is 2.65. The van der Waals surface area contributed by atoms with Crippen molar-refractivity contribution in [3.05, 3.63) is 29.1 Å². The minimum Gasteiger partial charge on any atom is -0.371 e. The highest BCUT2D eigenvalue weighted by atomic mass is 35.5. The Kier molecular flexibility index (Phi) is 3.40. The van der Waals surface area contributed by atoms with E-state index in [1.54, 1.807) is 0 Å². The fourth-order valence-electron chi connectivity index (χ4n) is 2.39. The molecule has 0 spiro atoms. The summed E-state index contributed by atoms with van der Waals surface area (Å²) in [5, 5.41) is 4.61. The first-order chi connectivity index (χ1) is 9.29. The minimum absolute atomic E-state index is 0.233. The van der Waals surface area contributed by atoms with Crippen molar-refractivity contribution in [3.8, 4) is 11.4 Å². The van der Waals surface area contributed by atoms with E-state index in [0.717, 1.165) is 24.3 Å². The van der Waals surface area contributed by atoms with Gasteiger partial charge in [0.2, 0.25) is 11.7 Å². The lowest BCUT2D eigenvalue weighted by molar-refractivity contribution is 0.380. The van der Waals surface area contributed by atoms with E-state index in [0.29, 0.717) is 16.7 Å². The molecular formula is C13H15ClN4O. The molecule has 19 heavy (non-hydrogen) atoms. The number of halogens is 1. The van der Waals surface area contributed by atoms with Crippen LogP contribution in [0.3, 0.4) is 0 Å². The summed E-state index contributed by atoms with van der Waals surface area (Å²) in [6.45, 7) is 2.31. The number of nitrogens with zero attached hydrogens (tertiary/aromatic N) is 3. The Hall–Kier alpha value is -1.59. The Morgan fingerprint density at radius 3 is 2.79 bits per heavy atom. The van der Waals surface area contributed by atoms with Crippen LogP contribution in [0.4, 0.5) is 5.69 Å². The Labute approximate surface area is 116 Å². The molecule has 1 saturated heterocycles. The van der Waals surface area contributed by atoms with Crippen LogP contribution in [0.5, 0.6) is 0 Å². The molecule has 1 fully saturated rings. The van der Waals surface area contributed by atoms with Crippen molar-refractivity contribution in [2.75, 3.05) is 18.0 Å². The molecule has 3 rings (SSSR count). The van der Waals surface area contributed by atoms with Crippen molar-refractivity contribution in [2.24, 2.45) is 5.73 Å². The summed E-state index contributed by atoms with van der Waals surface area (Å²) in [7, 11) is 0. The second kappa shape index (κ2) is 5.19. The molecule has 0 aliphatic carbocycles. The molecule has 2 N–H and O–H groups in total. The summed E-state index contributed by atoms with van der Waals surface area (Å²) in [5.74, 6) is 0.926. The van der Waals surface area contributed by atoms with Gasteiger partial charge in [0.25, 0.3) is 0 Å². The van der Waals surface area contributed by atoms with Gasteiger partial charge in [-0.15, -0.1) is 0 Å². The van der Waals surface area contributed by atoms with Gasteiger partial charge < -0.3 is 15.2 Å². The molecule has 1 aromatic carbocycles. The highest BCUT2D eigenvalue weighted by molar-refractivity contribution is 6.33. The fraction of sp³-hybridized carbons (Fsp3) is 0.385. The minimum atomic E-state index is 0.233. The summed E-state index contributed by atoms with van der Waals surface area (Å²) in [6.07, 6.45) is 2.40. The van der Waals surface area contributed by atoms with Gasteiger partial charge in [0.05, 0.1) is 17.1 Å². The van der Waals surface area contributed by atoms with Crippen molar-refractivity contribution in [2.45, 2.75) is 19.4 Å². The third-order valence-corrected chi connectivity index (χ3v) is 3.62. The molecule has 6 heteroatoms. The molecule has 100 valence electrons. The zero-order valence-corrected chi connectivity index (χ0v) is 11.2. The molecule has 1 aliphatic heterocycles. The Bertz CT molecular complexity index is 578. The summed E-state index contributed by atoms with van der Waals surface area (Å²) in [4.78, 5) is 6.58. The molecule has 2 aromatic rings. The van der Waals surface area contributed by atoms with Crippen LogP contribution in [-0.4, -0.2) is 23.2 Å². The molecule has 0 atom stereocenters. The smallest absolute Gasteiger partial charge is 0.240 e. The van der Waals surface area contributed by atoms with Gasteiger partial charge in [0, 0.05) is 18.8 Å². The van der Waals surface area contributed by atoms with Crippen LogP contribution in [0.25, 0.3) is 11.4 Å². The van der Waals surface area contributed by atoms with E-state index in [9.17, 15) is 0 Å². The quantitative estimate of drug-likeness (QED) is 0.934. The van der Waals surface area contributed by atoms with Crippen LogP contribution < -0.4 is 10.6 Å². The molecule has 0 saturated carbocycles. The first-order valence-corrected chi connectivity index (χ1v) is 6.74. The van der Waals surface area contributed by atoms with Gasteiger partial charge in [-0.25, -0.2) is 0 Å². The van der Waals surface area contributed by atoms with Crippen molar-refractivity contribution < 1.29 is 4.52 Å². The molecule has 0 bridgehead atoms. The summed E-state index contributed by atoms with van der Waals surface area (Å²) < 4.78 is 5.08. The maximum atomic E-state index is 6.32. The maximum absolute atomic E-state index is 6.32. The lowest BCUT2D eigenvalue weighted by Gasteiger charge is -2.20. The molecule has 0 radical (unpaired) electrons. The van der Waals surface area contributed by atoms with E-state index in [4.69, 9.17) is 21.9 Å². The summed E-state index contributed by atoms with van der Waals surface area (Å²) in [5.41, 5.74) is 7.39. The number of nitrogens with two attached hydrogens (primary N) is 1. The van der Waals surface area contributed by atoms with E-state index in [2.05, 4.69) is 15.0 Å². The van der Waals surface area contributed by atoms with Crippen LogP contribution in [0.15, 0.2) is 22.7 Å². The van der Waals surface area contributed by atoms with Crippen LogP contribution in [0.1, 0.15) is 18.7 Å². The van der Waals surface area contributed by atoms with Crippen molar-refractivity contribution >= 4 is 17.3 Å². The second-order valence-corrected chi connectivity index (χ2v) is 4.95. The number of hydrogen-bond donors (Lipinski definition) is 1. The zero-order valence-electron chi connectivity index (χ0n) is 10.5. The van der Waals surface area contributed by atoms with E-state index >= 15 is 0 Å². The number of anilines is 1. The van der Waals surface area contributed by atoms with Gasteiger partial charge in [-0.3, -0.25) is 0 Å². The van der Waals surface area contributed by atoms with Gasteiger partial charge in [-0.2, -0.15) is 4.98 Å². The predicted molar refractivity (Wildman–Crippen MR) is 74.1 cm³/mol. The highest BCUT2D eigenvalue weighted by Crippen LogP contribution is 2.36. The van der Waals surface area contributed by atoms with Crippen LogP contribution >= 0.6 is 11.6 Å². The average molecular weight is 279 g/mol. The third kappa shape index (κ3) is 2.31. The Balaban J connectivity index is 2.07. The predicted octanol–water partition coefficient (Wildman–Crippen LogP) is 2.45. The van der Waals surface area contributed by atoms with Gasteiger partial charge in [-0.1, -0.05) is 22.8 Å². The first kappa shape index (κ1) is 12.4. The maximum Gasteiger partial charge on any atom is 0.240 e. The standard InChI is InChI=1S/C13H15ClN4O/c14-9-4-3-5-10(18-6-1-2-7-18)12(9)13-16-11(8-15)19-17-13/h3-5H,1-2,6-8,15H2. The van der Waals surface area contributed by atoms with E-state index < -0.39 is 0 Å². The van der Waals surface area contributed by atoms with Gasteiger partial charge >= 0.3 is 0 Å². The van der Waals surface area contributed by atoms with Gasteiger partial charge in [-0.05, 0) is 25.0 Å². The number of rotatable bonds is 3. The van der Waals surface area contributed by atoms with E-state index in [-0.39, 0.29) is 6.54 Å². The lowest BCUT2D eigenvalue weighted by Crippen LogP contribution is -2.18. The topological polar surface area (TPSA) is 68.2 Å². The molecule has 2 heterocycles. The molecule has 0 amide bonds. The third-order valence-electron chi connectivity index (χ3n) is 3.30. The van der Waals surface area contributed by atoms with E-state index in [1.807, 2.05) is 18.2 Å². The molecule has 0 unspecified atom stereocenters. The highest BCUT2D eigenvalue weighted by Gasteiger charge is 2.21. The Morgan fingerprint density at radius 1 is 1.32 bits per heavy atom. The average Bonchev–Trinajstić information content (AvgIpc) is 3.09. The molecular weight excluding hydrogens is 264 g/mol. The van der Waals surface area contributed by atoms with Crippen molar-refractivity contribution in [1.82, 2.24) is 10.1 Å². The zero-order chi connectivity index (χ0) is 13.2. The van der Waals surface area contributed by atoms with Gasteiger partial charge in [0.1, 0.15) is 0 Å². The second-order valence-electron chi connectivity index (χ2n) is 4.54. The normalized spacial score (nSPS) is 15.2. The van der Waals surface area contributed by atoms with Crippen molar-refractivity contribution in [1.29, 1.82) is 0 Å². The first-order valence-electron chi connectivity index (χ1n) is 6.36. The van der Waals surface area contributed by atoms with Crippen molar-refractivity contribution in [3.63, 3.8) is 0 Å². The molecule has 1 aliphatic rings. The van der Waals surface area contributed by atoms with Gasteiger partial charge in [0.15, 0.2) is 0 Å². The molecule has 5 nitrogen and oxygen atoms in total. The monoisotopic (exact) mass is 278 g/mol. The van der Waals surface area contributed by atoms with Crippen LogP contribution in [0.2, 0.25) is 5.02 Å². The van der Waals surface area contributed by atoms with Crippen LogP contribution in [-0.2, 0) is 6.54 Å². The lowest BCUT2D eigenvalue weighted by atomic mass is 10.1. The largest absolute Gasteiger partial charge is 0.371 e. The SMILES string of the molecule is NCc1nc(-c2c(Cl)cccc2N2CCCC2)no1. The Morgan fingerprint density at radius 2 is 2.11 bits per heavy atom. The molecule has 1 aromatic heterocycles. The number of aromatic nitrogens is 2. The van der Waals surface area contributed by atoms with Crippen LogP contribution in [0, 0.1) is 0 Å². The number of benzene rings is 1. The summed E-state index contributed by atoms with van der Waals surface area (Å²) in [6, 6.07) is 5.84. The summed E-state index contributed by atoms with van der Waals surface area (Å²) >= 11 is 6.32. The van der Waals surface area contributed by atoms with E-state index in [1.165, 1.54) is 12.8 Å².